The molecule has 1 aromatic carbocycles. The first-order chi connectivity index (χ1) is 31.3. The predicted molar refractivity (Wildman–Crippen MR) is 354 cm³/mol. The van der Waals surface area contributed by atoms with Gasteiger partial charge in [-0.3, -0.25) is 0 Å². The van der Waals surface area contributed by atoms with Crippen LogP contribution >= 0.6 is 0 Å². The van der Waals surface area contributed by atoms with E-state index in [2.05, 4.69) is 213 Å². The molecule has 1 rings (SSSR count). The Morgan fingerprint density at radius 2 is 0.479 bits per heavy atom. The largest absolute Gasteiger partial charge is 1.00 e. The Hall–Kier alpha value is 2.18. The van der Waals surface area contributed by atoms with Gasteiger partial charge in [0.25, 0.3) is 0 Å². The van der Waals surface area contributed by atoms with E-state index in [4.69, 9.17) is 0 Å². The zero-order valence-corrected chi connectivity index (χ0v) is 66.9. The third-order valence-electron chi connectivity index (χ3n) is 13.6. The Balaban J connectivity index is -0.000000467. The summed E-state index contributed by atoms with van der Waals surface area (Å²) in [4.78, 5) is 4.56. The molecule has 0 aliphatic carbocycles. The minimum Gasteiger partial charge on any atom is -0.464 e. The van der Waals surface area contributed by atoms with Crippen LogP contribution in [0.2, 0.25) is 187 Å². The van der Waals surface area contributed by atoms with Gasteiger partial charge in [0.1, 0.15) is 0 Å². The summed E-state index contributed by atoms with van der Waals surface area (Å²) in [5.41, 5.74) is 1.87. The van der Waals surface area contributed by atoms with Crippen molar-refractivity contribution in [2.75, 3.05) is 82.3 Å². The molecule has 0 saturated heterocycles. The third-order valence-corrected chi connectivity index (χ3v) is 122. The van der Waals surface area contributed by atoms with Crippen molar-refractivity contribution >= 4 is 96.0 Å². The third kappa shape index (κ3) is 30.4. The fraction of sp³-hybridized carbons (Fsp3) is 0.885. The zero-order valence-electron chi connectivity index (χ0n) is 54.7. The topological polar surface area (TPSA) is 55.4 Å². The van der Waals surface area contributed by atoms with Crippen LogP contribution < -0.4 is 18.9 Å². The van der Waals surface area contributed by atoms with E-state index in [1.807, 2.05) is 36.4 Å². The monoisotopic (exact) mass is 1190 g/mol. The molecule has 0 saturated carbocycles. The number of hydrogen-bond acceptors (Lipinski definition) is 6. The summed E-state index contributed by atoms with van der Waals surface area (Å²) in [6.07, 6.45) is 0. The van der Waals surface area contributed by atoms with Crippen molar-refractivity contribution in [2.45, 2.75) is 215 Å². The fourth-order valence-electron chi connectivity index (χ4n) is 14.5. The van der Waals surface area contributed by atoms with E-state index >= 15 is 0 Å². The van der Waals surface area contributed by atoms with Crippen LogP contribution in [-0.4, -0.2) is 178 Å². The van der Waals surface area contributed by atoms with E-state index in [-0.39, 0.29) is 18.9 Å². The van der Waals surface area contributed by atoms with Crippen LogP contribution in [0.4, 0.5) is 0 Å². The number of rotatable bonds is 25. The molecule has 0 aromatic heterocycles. The Labute approximate surface area is 473 Å². The van der Waals surface area contributed by atoms with Gasteiger partial charge in [-0.15, -0.1) is 7.59 Å². The van der Waals surface area contributed by atoms with Crippen molar-refractivity contribution in [3.05, 3.63) is 36.4 Å². The predicted octanol–water partition coefficient (Wildman–Crippen LogP) is 12.8. The second kappa shape index (κ2) is 36.4. The number of benzene rings is 1. The smallest absolute Gasteiger partial charge is 0.464 e. The Bertz CT molecular complexity index is 1210. The van der Waals surface area contributed by atoms with Gasteiger partial charge in [0.2, 0.25) is 0 Å². The van der Waals surface area contributed by atoms with Gasteiger partial charge < -0.3 is 36.6 Å². The summed E-state index contributed by atoms with van der Waals surface area (Å²) in [6.45, 7) is 84.2. The summed E-state index contributed by atoms with van der Waals surface area (Å²) in [5, 5.41) is 0. The minimum absolute atomic E-state index is 0. The van der Waals surface area contributed by atoms with Crippen molar-refractivity contribution < 1.29 is 47.3 Å². The summed E-state index contributed by atoms with van der Waals surface area (Å²) in [7, 11) is -3.02. The van der Waals surface area contributed by atoms with Gasteiger partial charge in [0.15, 0.2) is 0 Å². The maximum absolute atomic E-state index is 4.66. The maximum Gasteiger partial charge on any atom is 1.00 e. The molecule has 0 aliphatic heterocycles. The summed E-state index contributed by atoms with van der Waals surface area (Å²) >= 11 is 0. The van der Waals surface area contributed by atoms with Crippen molar-refractivity contribution in [2.24, 2.45) is 0 Å². The summed E-state index contributed by atoms with van der Waals surface area (Å²) < 4.78 is 27.9. The molecule has 0 amide bonds. The van der Waals surface area contributed by atoms with E-state index in [9.17, 15) is 0 Å². The molecule has 0 N–H and O–H groups in total. The number of ether oxygens (including phenoxy) is 6. The normalized spacial score (nSPS) is 13.6. The molecule has 0 atom stereocenters. The molecule has 0 unspecified atom stereocenters. The first-order valence-electron chi connectivity index (χ1n) is 26.9. The Morgan fingerprint density at radius 1 is 0.310 bits per heavy atom. The fourth-order valence-corrected chi connectivity index (χ4v) is 211. The molecule has 71 heavy (non-hydrogen) atoms. The van der Waals surface area contributed by atoms with Gasteiger partial charge in [-0.1, -0.05) is 251 Å². The zero-order chi connectivity index (χ0) is 56.6. The van der Waals surface area contributed by atoms with Crippen LogP contribution in [0.1, 0.15) is 27.7 Å². The summed E-state index contributed by atoms with van der Waals surface area (Å²) in [5.74, 6) is 0. The standard InChI is InChI=1S/C34H91Si12.C6H6.3C4H10O2.Li/c1-29(2)45(31(37(5,6)7)38(8,9)10,32(39(11,12)13)40(14,15)16)35-36-46(30(3)4,33(41(17,18)19)42(20,21)22)34(43(23,24)25)44(26,27)28;1-2-4-6-5-3-1;3*1-5-3-4-6-2;/h29-35H,1-28H3;1-6H;3*3-4H2,1-2H3;/q-1;;;;;+1. The van der Waals surface area contributed by atoms with Crippen LogP contribution in [0.15, 0.2) is 36.4 Å². The minimum atomic E-state index is -1.75. The molecule has 0 radical (unpaired) electrons. The summed E-state index contributed by atoms with van der Waals surface area (Å²) in [6, 6.07) is 12.0. The molecule has 0 aliphatic rings. The van der Waals surface area contributed by atoms with Crippen LogP contribution in [0.25, 0.3) is 0 Å². The second-order valence-electron chi connectivity index (χ2n) is 29.3. The number of hydrogen-bond donors (Lipinski definition) is 0. The SMILES string of the molecule is CC(C)[Si]([Si-]=[SiH][Si](C(C)C)(C([Si](C)(C)C)[Si](C)(C)C)C([Si](C)(C)C)[Si](C)(C)C)(C([Si](C)(C)C)[Si](C)(C)C)C([Si](C)(C)C)[Si](C)(C)C.COCCOC.COCCOC.COCCOC.[Li+].c1ccccc1. The van der Waals surface area contributed by atoms with Crippen molar-refractivity contribution in [3.8, 4) is 0 Å². The van der Waals surface area contributed by atoms with Crippen molar-refractivity contribution in [1.29, 1.82) is 0 Å². The maximum atomic E-state index is 4.66. The molecule has 420 valence electrons. The van der Waals surface area contributed by atoms with E-state index in [0.717, 1.165) is 30.2 Å². The average Bonchev–Trinajstić information content (AvgIpc) is 3.14. The Kier molecular flexibility index (Phi) is 42.1. The molecule has 0 spiro atoms. The molecular weight excluding hydrogens is 1060 g/mol. The molecule has 0 fully saturated rings. The van der Waals surface area contributed by atoms with Gasteiger partial charge in [-0.05, 0) is 0 Å². The van der Waals surface area contributed by atoms with Crippen LogP contribution in [-0.2, 0) is 28.4 Å². The van der Waals surface area contributed by atoms with Gasteiger partial charge in [-0.2, -0.15) is 0 Å². The molecule has 0 heterocycles. The van der Waals surface area contributed by atoms with E-state index in [0.29, 0.717) is 47.8 Å². The molecule has 0 bridgehead atoms. The Morgan fingerprint density at radius 3 is 0.592 bits per heavy atom. The molecule has 1 aromatic rings. The quantitative estimate of drug-likeness (QED) is 0.0718. The first-order valence-corrected chi connectivity index (χ1v) is 65.6. The first kappa shape index (κ1) is 82.0. The van der Waals surface area contributed by atoms with Crippen LogP contribution in [0, 0.1) is 0 Å². The average molecular weight is 1190 g/mol. The molecule has 6 nitrogen and oxygen atoms in total. The molecule has 19 heteroatoms. The van der Waals surface area contributed by atoms with Gasteiger partial charge in [0.05, 0.1) is 39.6 Å². The molecular formula is C52H127LiO6Si12. The van der Waals surface area contributed by atoms with E-state index < -0.39 is 79.8 Å². The number of methoxy groups -OCH3 is 6. The van der Waals surface area contributed by atoms with Crippen molar-refractivity contribution in [1.82, 2.24) is 0 Å². The van der Waals surface area contributed by atoms with E-state index in [1.165, 1.54) is 8.13 Å². The van der Waals surface area contributed by atoms with Crippen molar-refractivity contribution in [3.63, 3.8) is 0 Å². The second-order valence-corrected chi connectivity index (χ2v) is 100. The van der Waals surface area contributed by atoms with Gasteiger partial charge >= 0.3 is 18.9 Å². The van der Waals surface area contributed by atoms with E-state index in [1.54, 1.807) is 42.7 Å². The van der Waals surface area contributed by atoms with Gasteiger partial charge in [-0.25, -0.2) is 8.13 Å². The van der Waals surface area contributed by atoms with Crippen LogP contribution in [0.5, 0.6) is 0 Å². The van der Waals surface area contributed by atoms with Gasteiger partial charge in [0, 0.05) is 115 Å². The van der Waals surface area contributed by atoms with Crippen LogP contribution in [0.3, 0.4) is 0 Å².